The van der Waals surface area contributed by atoms with Crippen LogP contribution in [0, 0.1) is 5.92 Å². The molecule has 0 saturated heterocycles. The molecule has 0 unspecified atom stereocenters. The number of carboxylic acid groups (broad SMARTS) is 1. The zero-order valence-corrected chi connectivity index (χ0v) is 22.2. The van der Waals surface area contributed by atoms with Gasteiger partial charge < -0.3 is 34.5 Å². The van der Waals surface area contributed by atoms with Gasteiger partial charge in [-0.15, -0.1) is 0 Å². The van der Waals surface area contributed by atoms with Crippen LogP contribution >= 0.6 is 0 Å². The number of aliphatic carboxylic acids is 1. The summed E-state index contributed by atoms with van der Waals surface area (Å²) in [6.45, 7) is 2.60. The highest BCUT2D eigenvalue weighted by atomic mass is 16.6. The first kappa shape index (κ1) is 27.0. The Kier molecular flexibility index (Phi) is 6.82. The van der Waals surface area contributed by atoms with Gasteiger partial charge in [0, 0.05) is 5.56 Å². The number of methoxy groups -OCH3 is 1. The molecule has 1 fully saturated rings. The Morgan fingerprint density at radius 1 is 1.18 bits per heavy atom. The van der Waals surface area contributed by atoms with Crippen molar-refractivity contribution in [1.29, 1.82) is 0 Å². The number of rotatable bonds is 9. The summed E-state index contributed by atoms with van der Waals surface area (Å²) in [5.41, 5.74) is 0.274. The van der Waals surface area contributed by atoms with Crippen LogP contribution in [0.15, 0.2) is 24.0 Å². The smallest absolute Gasteiger partial charge is 0.325 e. The molecule has 6 atom stereocenters. The fourth-order valence-corrected chi connectivity index (χ4v) is 6.77. The average Bonchev–Trinajstić information content (AvgIpc) is 3.24. The number of nitrogens with one attached hydrogen (secondary N) is 1. The summed E-state index contributed by atoms with van der Waals surface area (Å²) in [6.07, 6.45) is 2.71. The highest BCUT2D eigenvalue weighted by Gasteiger charge is 2.70. The summed E-state index contributed by atoms with van der Waals surface area (Å²) in [5, 5.41) is 23.2. The van der Waals surface area contributed by atoms with E-state index in [0.717, 1.165) is 30.4 Å². The van der Waals surface area contributed by atoms with Crippen LogP contribution in [-0.4, -0.2) is 65.0 Å². The maximum atomic E-state index is 12.8. The molecule has 3 aliphatic carbocycles. The Morgan fingerprint density at radius 2 is 1.92 bits per heavy atom. The van der Waals surface area contributed by atoms with Gasteiger partial charge in [-0.05, 0) is 63.2 Å². The van der Waals surface area contributed by atoms with Crippen LogP contribution in [0.3, 0.4) is 0 Å². The summed E-state index contributed by atoms with van der Waals surface area (Å²) in [7, 11) is 1.56. The molecule has 39 heavy (non-hydrogen) atoms. The van der Waals surface area contributed by atoms with Crippen molar-refractivity contribution in [3.8, 4) is 11.5 Å². The van der Waals surface area contributed by atoms with Crippen molar-refractivity contribution in [2.24, 2.45) is 5.92 Å². The number of hydrogen-bond acceptors (Lipinski definition) is 9. The fraction of sp³-hybridized carbons (Fsp3) is 0.571. The number of carboxylic acids is 1. The minimum Gasteiger partial charge on any atom is -0.493 e. The van der Waals surface area contributed by atoms with Gasteiger partial charge in [-0.3, -0.25) is 19.2 Å². The lowest BCUT2D eigenvalue weighted by molar-refractivity contribution is -0.162. The third kappa shape index (κ3) is 4.23. The lowest BCUT2D eigenvalue weighted by Crippen LogP contribution is -2.67. The Morgan fingerprint density at radius 3 is 2.64 bits per heavy atom. The minimum absolute atomic E-state index is 0.0603. The van der Waals surface area contributed by atoms with E-state index in [4.69, 9.17) is 24.1 Å². The van der Waals surface area contributed by atoms with Crippen LogP contribution in [0.1, 0.15) is 63.5 Å². The van der Waals surface area contributed by atoms with E-state index in [1.54, 1.807) is 13.2 Å². The molecule has 11 nitrogen and oxygen atoms in total. The third-order valence-corrected chi connectivity index (χ3v) is 8.64. The molecule has 0 aromatic heterocycles. The molecule has 1 spiro atoms. The molecule has 0 radical (unpaired) electrons. The van der Waals surface area contributed by atoms with E-state index in [0.29, 0.717) is 30.1 Å². The minimum atomic E-state index is -1.23. The van der Waals surface area contributed by atoms with Crippen molar-refractivity contribution in [2.75, 3.05) is 7.11 Å². The number of carbonyl (C=O) groups excluding carboxylic acids is 3. The van der Waals surface area contributed by atoms with E-state index in [-0.39, 0.29) is 18.8 Å². The first-order chi connectivity index (χ1) is 18.5. The number of aliphatic hydroxyl groups is 1. The van der Waals surface area contributed by atoms with E-state index in [2.05, 4.69) is 5.32 Å². The van der Waals surface area contributed by atoms with Crippen molar-refractivity contribution in [3.63, 3.8) is 0 Å². The Hall–Kier alpha value is -3.60. The summed E-state index contributed by atoms with van der Waals surface area (Å²) >= 11 is 0. The second kappa shape index (κ2) is 9.86. The van der Waals surface area contributed by atoms with Crippen molar-refractivity contribution in [1.82, 2.24) is 5.32 Å². The zero-order chi connectivity index (χ0) is 28.1. The second-order valence-corrected chi connectivity index (χ2v) is 10.8. The van der Waals surface area contributed by atoms with Crippen LogP contribution < -0.4 is 14.8 Å². The molecule has 1 aromatic rings. The average molecular weight is 544 g/mol. The maximum Gasteiger partial charge on any atom is 0.325 e. The van der Waals surface area contributed by atoms with E-state index in [1.807, 2.05) is 12.1 Å². The number of hydrogen-bond donors (Lipinski definition) is 3. The first-order valence-corrected chi connectivity index (χ1v) is 13.2. The van der Waals surface area contributed by atoms with Gasteiger partial charge in [0.1, 0.15) is 11.8 Å². The van der Waals surface area contributed by atoms with Crippen LogP contribution in [0.25, 0.3) is 0 Å². The first-order valence-electron chi connectivity index (χ1n) is 13.2. The molecule has 5 rings (SSSR count). The van der Waals surface area contributed by atoms with Gasteiger partial charge in [0.15, 0.2) is 23.7 Å². The summed E-state index contributed by atoms with van der Waals surface area (Å²) in [4.78, 5) is 47.9. The molecular weight excluding hydrogens is 510 g/mol. The lowest BCUT2D eigenvalue weighted by Gasteiger charge is -2.59. The lowest BCUT2D eigenvalue weighted by atomic mass is 9.47. The molecule has 11 heteroatoms. The van der Waals surface area contributed by atoms with Crippen LogP contribution in [-0.2, 0) is 40.5 Å². The second-order valence-electron chi connectivity index (χ2n) is 10.8. The fourth-order valence-electron chi connectivity index (χ4n) is 6.77. The molecule has 1 aromatic carbocycles. The van der Waals surface area contributed by atoms with Gasteiger partial charge >= 0.3 is 17.9 Å². The number of benzene rings is 1. The molecule has 1 saturated carbocycles. The normalized spacial score (nSPS) is 29.1. The standard InChI is InChI=1S/C28H33NO10/c1-14(26(33)34)29-25(32)15(2)37-20(30)8-9-21(31)38-19-10-12-28(35)17-5-4-11-27(28)22-16(13-17)6-7-18(36-3)23(22)39-24(19)27/h6-7,10,14-15,17,24,35H,4-5,8-9,11-13H2,1-3H3,(H,29,32)(H,33,34)/t14-,15-,17+,24-,27-,28+/m0/s1. The number of esters is 2. The van der Waals surface area contributed by atoms with Crippen molar-refractivity contribution < 1.29 is 48.3 Å². The van der Waals surface area contributed by atoms with Crippen LogP contribution in [0.4, 0.5) is 0 Å². The number of amides is 1. The summed E-state index contributed by atoms with van der Waals surface area (Å²) in [6, 6.07) is 2.76. The quantitative estimate of drug-likeness (QED) is 0.393. The van der Waals surface area contributed by atoms with E-state index in [1.165, 1.54) is 13.8 Å². The van der Waals surface area contributed by atoms with E-state index >= 15 is 0 Å². The highest BCUT2D eigenvalue weighted by molar-refractivity contribution is 5.87. The predicted molar refractivity (Wildman–Crippen MR) is 134 cm³/mol. The SMILES string of the molecule is COc1ccc2c3c1O[C@H]1C(OC(=O)CCC(=O)O[C@@H](C)C(=O)N[C@@H](C)C(=O)O)=CC[C@@]4(O)[C@H](CCC[C@]314)C2. The van der Waals surface area contributed by atoms with E-state index in [9.17, 15) is 24.3 Å². The zero-order valence-electron chi connectivity index (χ0n) is 22.2. The van der Waals surface area contributed by atoms with Gasteiger partial charge in [-0.2, -0.15) is 0 Å². The van der Waals surface area contributed by atoms with Gasteiger partial charge in [-0.1, -0.05) is 12.5 Å². The molecule has 4 aliphatic rings. The molecule has 2 bridgehead atoms. The molecule has 1 aliphatic heterocycles. The molecule has 1 amide bonds. The Labute approximate surface area is 225 Å². The topological polar surface area (TPSA) is 158 Å². The van der Waals surface area contributed by atoms with Crippen LogP contribution in [0.2, 0.25) is 0 Å². The van der Waals surface area contributed by atoms with Gasteiger partial charge in [0.05, 0.1) is 31.0 Å². The third-order valence-electron chi connectivity index (χ3n) is 8.64. The van der Waals surface area contributed by atoms with E-state index < -0.39 is 53.1 Å². The van der Waals surface area contributed by atoms with Gasteiger partial charge in [-0.25, -0.2) is 0 Å². The molecular formula is C28H33NO10. The van der Waals surface area contributed by atoms with Crippen molar-refractivity contribution in [3.05, 3.63) is 35.1 Å². The largest absolute Gasteiger partial charge is 0.493 e. The summed E-state index contributed by atoms with van der Waals surface area (Å²) in [5.74, 6) is -1.95. The van der Waals surface area contributed by atoms with Gasteiger partial charge in [0.25, 0.3) is 5.91 Å². The highest BCUT2D eigenvalue weighted by Crippen LogP contribution is 2.67. The monoisotopic (exact) mass is 543 g/mol. The van der Waals surface area contributed by atoms with Gasteiger partial charge in [0.2, 0.25) is 0 Å². The van der Waals surface area contributed by atoms with Crippen molar-refractivity contribution >= 4 is 23.8 Å². The van der Waals surface area contributed by atoms with Crippen molar-refractivity contribution in [2.45, 2.75) is 88.1 Å². The predicted octanol–water partition coefficient (Wildman–Crippen LogP) is 1.91. The Balaban J connectivity index is 1.27. The Bertz CT molecular complexity index is 1260. The molecule has 1 heterocycles. The van der Waals surface area contributed by atoms with Crippen LogP contribution in [0.5, 0.6) is 11.5 Å². The molecule has 3 N–H and O–H groups in total. The number of carbonyl (C=O) groups is 4. The number of ether oxygens (including phenoxy) is 4. The summed E-state index contributed by atoms with van der Waals surface area (Å²) < 4.78 is 22.7. The molecule has 210 valence electrons. The maximum absolute atomic E-state index is 12.8.